The Morgan fingerprint density at radius 3 is 2.26 bits per heavy atom. The highest BCUT2D eigenvalue weighted by Crippen LogP contribution is 2.21. The number of hydrogen-bond acceptors (Lipinski definition) is 4. The molecule has 0 aliphatic carbocycles. The van der Waals surface area contributed by atoms with Crippen LogP contribution in [0.3, 0.4) is 0 Å². The number of carbonyl (C=O) groups is 1. The average Bonchev–Trinajstić information content (AvgIpc) is 2.48. The predicted molar refractivity (Wildman–Crippen MR) is 92.0 cm³/mol. The second-order valence-corrected chi connectivity index (χ2v) is 7.73. The van der Waals surface area contributed by atoms with E-state index in [0.717, 1.165) is 5.56 Å². The number of amides is 1. The van der Waals surface area contributed by atoms with Gasteiger partial charge in [-0.3, -0.25) is 4.79 Å². The van der Waals surface area contributed by atoms with E-state index in [1.807, 2.05) is 6.92 Å². The van der Waals surface area contributed by atoms with Gasteiger partial charge in [-0.2, -0.15) is 4.31 Å². The molecule has 1 aliphatic heterocycles. The highest BCUT2D eigenvalue weighted by Gasteiger charge is 2.30. The van der Waals surface area contributed by atoms with Gasteiger partial charge in [0, 0.05) is 19.1 Å². The predicted octanol–water partition coefficient (Wildman–Crippen LogP) is 1.03. The third-order valence-electron chi connectivity index (χ3n) is 3.87. The molecule has 0 radical (unpaired) electrons. The number of sulfonamides is 1. The molecule has 1 atom stereocenters. The van der Waals surface area contributed by atoms with E-state index in [1.165, 1.54) is 4.31 Å². The van der Waals surface area contributed by atoms with Gasteiger partial charge in [-0.25, -0.2) is 8.42 Å². The number of carbonyl (C=O) groups excluding carboxylic acids is 1. The Hall–Kier alpha value is -1.15. The van der Waals surface area contributed by atoms with Crippen molar-refractivity contribution in [3.05, 3.63) is 29.8 Å². The number of nitrogens with zero attached hydrogens (tertiary/aromatic N) is 1. The Labute approximate surface area is 143 Å². The smallest absolute Gasteiger partial charge is 0.243 e. The molecular formula is C15H24ClN3O3S. The lowest BCUT2D eigenvalue weighted by atomic mass is 10.1. The molecule has 1 heterocycles. The van der Waals surface area contributed by atoms with Crippen LogP contribution in [0.5, 0.6) is 0 Å². The van der Waals surface area contributed by atoms with Crippen LogP contribution in [0.15, 0.2) is 29.2 Å². The van der Waals surface area contributed by atoms with Crippen LogP contribution in [-0.2, 0) is 14.8 Å². The topological polar surface area (TPSA) is 92.5 Å². The zero-order valence-corrected chi connectivity index (χ0v) is 15.0. The number of nitrogens with one attached hydrogen (secondary N) is 1. The summed E-state index contributed by atoms with van der Waals surface area (Å²) in [7, 11) is -3.45. The van der Waals surface area contributed by atoms with E-state index in [9.17, 15) is 13.2 Å². The fourth-order valence-electron chi connectivity index (χ4n) is 2.43. The summed E-state index contributed by atoms with van der Waals surface area (Å²) in [5.74, 6) is -0.195. The SMILES string of the molecule is Cc1ccc(S(=O)(=O)N2CCC(NC(=O)[C@@H](C)N)CC2)cc1.Cl. The normalized spacial score (nSPS) is 18.0. The quantitative estimate of drug-likeness (QED) is 0.837. The molecule has 6 nitrogen and oxygen atoms in total. The lowest BCUT2D eigenvalue weighted by Crippen LogP contribution is -2.49. The molecule has 0 bridgehead atoms. The summed E-state index contributed by atoms with van der Waals surface area (Å²) in [4.78, 5) is 11.9. The van der Waals surface area contributed by atoms with Gasteiger partial charge in [-0.15, -0.1) is 12.4 Å². The first-order valence-electron chi connectivity index (χ1n) is 7.43. The lowest BCUT2D eigenvalue weighted by molar-refractivity contribution is -0.122. The Morgan fingerprint density at radius 2 is 1.78 bits per heavy atom. The molecule has 1 saturated heterocycles. The minimum absolute atomic E-state index is 0. The van der Waals surface area contributed by atoms with Gasteiger partial charge in [0.05, 0.1) is 10.9 Å². The van der Waals surface area contributed by atoms with Gasteiger partial charge < -0.3 is 11.1 Å². The summed E-state index contributed by atoms with van der Waals surface area (Å²) in [5.41, 5.74) is 6.54. The van der Waals surface area contributed by atoms with Crippen molar-refractivity contribution < 1.29 is 13.2 Å². The number of aryl methyl sites for hydroxylation is 1. The van der Waals surface area contributed by atoms with Gasteiger partial charge in [0.2, 0.25) is 15.9 Å². The molecular weight excluding hydrogens is 338 g/mol. The first-order valence-corrected chi connectivity index (χ1v) is 8.87. The Kier molecular flexibility index (Phi) is 7.01. The molecule has 1 amide bonds. The highest BCUT2D eigenvalue weighted by atomic mass is 35.5. The summed E-state index contributed by atoms with van der Waals surface area (Å²) in [6.07, 6.45) is 1.20. The van der Waals surface area contributed by atoms with Crippen molar-refractivity contribution in [1.82, 2.24) is 9.62 Å². The van der Waals surface area contributed by atoms with Gasteiger partial charge in [0.25, 0.3) is 0 Å². The van der Waals surface area contributed by atoms with E-state index in [1.54, 1.807) is 31.2 Å². The highest BCUT2D eigenvalue weighted by molar-refractivity contribution is 7.89. The number of rotatable bonds is 4. The van der Waals surface area contributed by atoms with E-state index < -0.39 is 16.1 Å². The van der Waals surface area contributed by atoms with Gasteiger partial charge >= 0.3 is 0 Å². The van der Waals surface area contributed by atoms with E-state index in [4.69, 9.17) is 5.73 Å². The van der Waals surface area contributed by atoms with Crippen LogP contribution in [0, 0.1) is 6.92 Å². The van der Waals surface area contributed by atoms with Gasteiger partial charge in [-0.05, 0) is 38.8 Å². The molecule has 3 N–H and O–H groups in total. The van der Waals surface area contributed by atoms with Crippen molar-refractivity contribution >= 4 is 28.3 Å². The van der Waals surface area contributed by atoms with E-state index in [2.05, 4.69) is 5.32 Å². The second kappa shape index (κ2) is 8.10. The third-order valence-corrected chi connectivity index (χ3v) is 5.79. The molecule has 1 aromatic rings. The fraction of sp³-hybridized carbons (Fsp3) is 0.533. The zero-order valence-electron chi connectivity index (χ0n) is 13.4. The van der Waals surface area contributed by atoms with Crippen LogP contribution in [0.2, 0.25) is 0 Å². The van der Waals surface area contributed by atoms with Crippen LogP contribution in [-0.4, -0.2) is 43.8 Å². The molecule has 23 heavy (non-hydrogen) atoms. The number of benzene rings is 1. The maximum atomic E-state index is 12.6. The minimum atomic E-state index is -3.45. The van der Waals surface area contributed by atoms with E-state index >= 15 is 0 Å². The van der Waals surface area contributed by atoms with Gasteiger partial charge in [0.1, 0.15) is 0 Å². The van der Waals surface area contributed by atoms with Crippen LogP contribution in [0.4, 0.5) is 0 Å². The first kappa shape index (κ1) is 19.9. The Balaban J connectivity index is 0.00000264. The first-order chi connectivity index (χ1) is 10.3. The van der Waals surface area contributed by atoms with Crippen molar-refractivity contribution in [2.45, 2.75) is 43.7 Å². The summed E-state index contributed by atoms with van der Waals surface area (Å²) < 4.78 is 26.6. The van der Waals surface area contributed by atoms with Crippen molar-refractivity contribution in [3.8, 4) is 0 Å². The number of nitrogens with two attached hydrogens (primary N) is 1. The monoisotopic (exact) mass is 361 g/mol. The third kappa shape index (κ3) is 4.91. The van der Waals surface area contributed by atoms with E-state index in [-0.39, 0.29) is 24.4 Å². The molecule has 2 rings (SSSR count). The van der Waals surface area contributed by atoms with Crippen molar-refractivity contribution in [1.29, 1.82) is 0 Å². The van der Waals surface area contributed by atoms with Gasteiger partial charge in [-0.1, -0.05) is 17.7 Å². The molecule has 1 aliphatic rings. The maximum Gasteiger partial charge on any atom is 0.243 e. The van der Waals surface area contributed by atoms with Crippen molar-refractivity contribution in [2.24, 2.45) is 5.73 Å². The standard InChI is InChI=1S/C15H23N3O3S.ClH/c1-11-3-5-14(6-4-11)22(20,21)18-9-7-13(8-10-18)17-15(19)12(2)16;/h3-6,12-13H,7-10,16H2,1-2H3,(H,17,19);1H/t12-;/m1./s1. The molecule has 0 saturated carbocycles. The molecule has 130 valence electrons. The molecule has 0 unspecified atom stereocenters. The number of hydrogen-bond donors (Lipinski definition) is 2. The van der Waals surface area contributed by atoms with Crippen LogP contribution in [0.25, 0.3) is 0 Å². The summed E-state index contributed by atoms with van der Waals surface area (Å²) in [5, 5.41) is 2.85. The van der Waals surface area contributed by atoms with E-state index in [0.29, 0.717) is 30.8 Å². The lowest BCUT2D eigenvalue weighted by Gasteiger charge is -2.32. The van der Waals surface area contributed by atoms with Crippen molar-refractivity contribution in [3.63, 3.8) is 0 Å². The number of halogens is 1. The Bertz CT molecular complexity index is 624. The molecule has 1 fully saturated rings. The molecule has 0 aromatic heterocycles. The fourth-order valence-corrected chi connectivity index (χ4v) is 3.90. The molecule has 0 spiro atoms. The summed E-state index contributed by atoms with van der Waals surface area (Å²) in [6.45, 7) is 4.36. The summed E-state index contributed by atoms with van der Waals surface area (Å²) >= 11 is 0. The molecule has 1 aromatic carbocycles. The zero-order chi connectivity index (χ0) is 16.3. The minimum Gasteiger partial charge on any atom is -0.352 e. The largest absolute Gasteiger partial charge is 0.352 e. The van der Waals surface area contributed by atoms with Crippen LogP contribution >= 0.6 is 12.4 Å². The molecule has 8 heteroatoms. The Morgan fingerprint density at radius 1 is 1.26 bits per heavy atom. The average molecular weight is 362 g/mol. The van der Waals surface area contributed by atoms with Crippen molar-refractivity contribution in [2.75, 3.05) is 13.1 Å². The van der Waals surface area contributed by atoms with Crippen LogP contribution < -0.4 is 11.1 Å². The van der Waals surface area contributed by atoms with Crippen LogP contribution in [0.1, 0.15) is 25.3 Å². The number of piperidine rings is 1. The maximum absolute atomic E-state index is 12.6. The van der Waals surface area contributed by atoms with Gasteiger partial charge in [0.15, 0.2) is 0 Å². The second-order valence-electron chi connectivity index (χ2n) is 5.79. The summed E-state index contributed by atoms with van der Waals surface area (Å²) in [6, 6.07) is 6.30.